The molecule has 3 rings (SSSR count). The Bertz CT molecular complexity index is 732. The smallest absolute Gasteiger partial charge is 0.134 e. The third-order valence-corrected chi connectivity index (χ3v) is 3.21. The van der Waals surface area contributed by atoms with Gasteiger partial charge in [-0.05, 0) is 36.8 Å². The number of hydrogen-bond acceptors (Lipinski definition) is 2. The van der Waals surface area contributed by atoms with Gasteiger partial charge in [0.05, 0.1) is 6.04 Å². The molecule has 0 fully saturated rings. The van der Waals surface area contributed by atoms with Gasteiger partial charge in [-0.1, -0.05) is 29.8 Å². The SMILES string of the molecule is Cc1cccc(C(N)c2cc3cc(F)ccc3o2)c1. The fourth-order valence-corrected chi connectivity index (χ4v) is 2.22. The first-order chi connectivity index (χ1) is 9.13. The molecule has 3 heteroatoms. The second-order valence-corrected chi connectivity index (χ2v) is 4.72. The average molecular weight is 255 g/mol. The standard InChI is InChI=1S/C16H14FNO/c1-10-3-2-4-11(7-10)16(18)15-9-12-8-13(17)5-6-14(12)19-15/h2-9,16H,18H2,1H3. The van der Waals surface area contributed by atoms with Crippen LogP contribution in [0.5, 0.6) is 0 Å². The van der Waals surface area contributed by atoms with E-state index in [1.54, 1.807) is 12.1 Å². The Morgan fingerprint density at radius 3 is 2.74 bits per heavy atom. The largest absolute Gasteiger partial charge is 0.459 e. The van der Waals surface area contributed by atoms with Gasteiger partial charge >= 0.3 is 0 Å². The van der Waals surface area contributed by atoms with Gasteiger partial charge in [-0.15, -0.1) is 0 Å². The second kappa shape index (κ2) is 4.52. The average Bonchev–Trinajstić information content (AvgIpc) is 2.80. The quantitative estimate of drug-likeness (QED) is 0.753. The zero-order chi connectivity index (χ0) is 13.4. The summed E-state index contributed by atoms with van der Waals surface area (Å²) in [5.41, 5.74) is 8.99. The summed E-state index contributed by atoms with van der Waals surface area (Å²) in [6, 6.07) is 13.9. The Morgan fingerprint density at radius 1 is 1.11 bits per heavy atom. The molecule has 2 N–H and O–H groups in total. The first kappa shape index (κ1) is 11.9. The van der Waals surface area contributed by atoms with Gasteiger partial charge in [0.25, 0.3) is 0 Å². The number of halogens is 1. The summed E-state index contributed by atoms with van der Waals surface area (Å²) in [6.45, 7) is 2.02. The second-order valence-electron chi connectivity index (χ2n) is 4.72. The van der Waals surface area contributed by atoms with Crippen LogP contribution in [0.2, 0.25) is 0 Å². The predicted molar refractivity (Wildman–Crippen MR) is 73.4 cm³/mol. The van der Waals surface area contributed by atoms with E-state index in [1.807, 2.05) is 31.2 Å². The summed E-state index contributed by atoms with van der Waals surface area (Å²) in [6.07, 6.45) is 0. The van der Waals surface area contributed by atoms with Crippen LogP contribution in [0.25, 0.3) is 11.0 Å². The highest BCUT2D eigenvalue weighted by Crippen LogP contribution is 2.27. The molecule has 1 unspecified atom stereocenters. The van der Waals surface area contributed by atoms with Crippen molar-refractivity contribution in [2.45, 2.75) is 13.0 Å². The topological polar surface area (TPSA) is 39.2 Å². The van der Waals surface area contributed by atoms with Gasteiger partial charge in [0.1, 0.15) is 17.2 Å². The first-order valence-corrected chi connectivity index (χ1v) is 6.14. The Hall–Kier alpha value is -2.13. The molecule has 0 bridgehead atoms. The van der Waals surface area contributed by atoms with Crippen molar-refractivity contribution in [1.82, 2.24) is 0 Å². The molecule has 0 spiro atoms. The molecule has 2 aromatic carbocycles. The van der Waals surface area contributed by atoms with Crippen LogP contribution in [0.4, 0.5) is 4.39 Å². The van der Waals surface area contributed by atoms with Crippen molar-refractivity contribution in [2.75, 3.05) is 0 Å². The number of rotatable bonds is 2. The van der Waals surface area contributed by atoms with Crippen LogP contribution in [0.3, 0.4) is 0 Å². The summed E-state index contributed by atoms with van der Waals surface area (Å²) in [4.78, 5) is 0. The molecule has 0 saturated carbocycles. The lowest BCUT2D eigenvalue weighted by molar-refractivity contribution is 0.524. The molecule has 2 nitrogen and oxygen atoms in total. The fraction of sp³-hybridized carbons (Fsp3) is 0.125. The maximum Gasteiger partial charge on any atom is 0.134 e. The van der Waals surface area contributed by atoms with E-state index in [9.17, 15) is 4.39 Å². The molecule has 19 heavy (non-hydrogen) atoms. The van der Waals surface area contributed by atoms with Gasteiger partial charge < -0.3 is 10.2 Å². The van der Waals surface area contributed by atoms with Crippen LogP contribution in [0.1, 0.15) is 22.9 Å². The van der Waals surface area contributed by atoms with E-state index in [-0.39, 0.29) is 11.9 Å². The van der Waals surface area contributed by atoms with Gasteiger partial charge in [-0.25, -0.2) is 4.39 Å². The van der Waals surface area contributed by atoms with E-state index in [2.05, 4.69) is 0 Å². The number of aryl methyl sites for hydroxylation is 1. The predicted octanol–water partition coefficient (Wildman–Crippen LogP) is 3.93. The highest BCUT2D eigenvalue weighted by Gasteiger charge is 2.14. The molecule has 0 amide bonds. The number of fused-ring (bicyclic) bond motifs is 1. The summed E-state index contributed by atoms with van der Waals surface area (Å²) in [5.74, 6) is 0.371. The molecule has 3 aromatic rings. The zero-order valence-corrected chi connectivity index (χ0v) is 10.6. The van der Waals surface area contributed by atoms with Crippen LogP contribution in [-0.4, -0.2) is 0 Å². The van der Waals surface area contributed by atoms with E-state index in [0.717, 1.165) is 16.5 Å². The van der Waals surface area contributed by atoms with Crippen molar-refractivity contribution in [3.63, 3.8) is 0 Å². The molecule has 0 aliphatic rings. The number of nitrogens with two attached hydrogens (primary N) is 1. The van der Waals surface area contributed by atoms with E-state index in [4.69, 9.17) is 10.2 Å². The van der Waals surface area contributed by atoms with Crippen LogP contribution >= 0.6 is 0 Å². The molecule has 0 saturated heterocycles. The number of benzene rings is 2. The Kier molecular flexibility index (Phi) is 2.84. The molecule has 0 aliphatic heterocycles. The number of hydrogen-bond donors (Lipinski definition) is 1. The first-order valence-electron chi connectivity index (χ1n) is 6.14. The van der Waals surface area contributed by atoms with Crippen LogP contribution < -0.4 is 5.73 Å². The normalized spacial score (nSPS) is 12.8. The number of furan rings is 1. The maximum absolute atomic E-state index is 13.1. The Balaban J connectivity index is 2.04. The maximum atomic E-state index is 13.1. The van der Waals surface area contributed by atoms with Crippen molar-refractivity contribution in [3.8, 4) is 0 Å². The lowest BCUT2D eigenvalue weighted by Gasteiger charge is -2.09. The van der Waals surface area contributed by atoms with Crippen molar-refractivity contribution < 1.29 is 8.81 Å². The highest BCUT2D eigenvalue weighted by molar-refractivity contribution is 5.78. The lowest BCUT2D eigenvalue weighted by atomic mass is 10.0. The van der Waals surface area contributed by atoms with Gasteiger partial charge in [0, 0.05) is 5.39 Å². The van der Waals surface area contributed by atoms with Crippen LogP contribution in [0.15, 0.2) is 52.9 Å². The van der Waals surface area contributed by atoms with Gasteiger partial charge in [0.2, 0.25) is 0 Å². The summed E-state index contributed by atoms with van der Waals surface area (Å²) >= 11 is 0. The van der Waals surface area contributed by atoms with Crippen molar-refractivity contribution in [2.24, 2.45) is 5.73 Å². The van der Waals surface area contributed by atoms with Crippen molar-refractivity contribution >= 4 is 11.0 Å². The Labute approximate surface area is 110 Å². The van der Waals surface area contributed by atoms with Gasteiger partial charge in [-0.2, -0.15) is 0 Å². The summed E-state index contributed by atoms with van der Waals surface area (Å²) in [5, 5.41) is 0.734. The molecule has 1 atom stereocenters. The van der Waals surface area contributed by atoms with E-state index >= 15 is 0 Å². The Morgan fingerprint density at radius 2 is 1.95 bits per heavy atom. The molecule has 96 valence electrons. The third-order valence-electron chi connectivity index (χ3n) is 3.21. The van der Waals surface area contributed by atoms with E-state index in [1.165, 1.54) is 12.1 Å². The van der Waals surface area contributed by atoms with Crippen LogP contribution in [0, 0.1) is 12.7 Å². The third kappa shape index (κ3) is 2.25. The zero-order valence-electron chi connectivity index (χ0n) is 10.6. The lowest BCUT2D eigenvalue weighted by Crippen LogP contribution is -2.10. The van der Waals surface area contributed by atoms with Gasteiger partial charge in [0.15, 0.2) is 0 Å². The fourth-order valence-electron chi connectivity index (χ4n) is 2.22. The minimum absolute atomic E-state index is 0.274. The summed E-state index contributed by atoms with van der Waals surface area (Å²) < 4.78 is 18.8. The van der Waals surface area contributed by atoms with E-state index < -0.39 is 0 Å². The van der Waals surface area contributed by atoms with Gasteiger partial charge in [-0.3, -0.25) is 0 Å². The molecular formula is C16H14FNO. The van der Waals surface area contributed by atoms with Crippen molar-refractivity contribution in [3.05, 3.63) is 71.2 Å². The highest BCUT2D eigenvalue weighted by atomic mass is 19.1. The molecular weight excluding hydrogens is 241 g/mol. The van der Waals surface area contributed by atoms with Crippen molar-refractivity contribution in [1.29, 1.82) is 0 Å². The minimum atomic E-state index is -0.338. The molecule has 1 heterocycles. The summed E-state index contributed by atoms with van der Waals surface area (Å²) in [7, 11) is 0. The molecule has 0 aliphatic carbocycles. The van der Waals surface area contributed by atoms with Crippen LogP contribution in [-0.2, 0) is 0 Å². The van der Waals surface area contributed by atoms with E-state index in [0.29, 0.717) is 11.3 Å². The minimum Gasteiger partial charge on any atom is -0.459 e. The monoisotopic (exact) mass is 255 g/mol. The molecule has 1 aromatic heterocycles. The molecule has 0 radical (unpaired) electrons.